The van der Waals surface area contributed by atoms with Gasteiger partial charge in [-0.15, -0.1) is 0 Å². The molecule has 1 aromatic heterocycles. The number of methoxy groups -OCH3 is 2. The normalized spacial score (nSPS) is 11.9. The van der Waals surface area contributed by atoms with Crippen molar-refractivity contribution in [3.8, 4) is 11.6 Å². The smallest absolute Gasteiger partial charge is 0.238 e. The summed E-state index contributed by atoms with van der Waals surface area (Å²) in [6.07, 6.45) is 1.94. The number of nitrogens with two attached hydrogens (primary N) is 1. The van der Waals surface area contributed by atoms with Gasteiger partial charge in [0.1, 0.15) is 17.5 Å². The van der Waals surface area contributed by atoms with E-state index in [1.165, 1.54) is 26.6 Å². The molecule has 6 heteroatoms. The highest BCUT2D eigenvalue weighted by molar-refractivity contribution is 5.60. The van der Waals surface area contributed by atoms with Gasteiger partial charge in [-0.2, -0.15) is 0 Å². The minimum Gasteiger partial charge on any atom is -0.495 e. The third-order valence-corrected chi connectivity index (χ3v) is 2.76. The number of aromatic nitrogens is 2. The molecular weight excluding hydrogens is 246 g/mol. The Kier molecular flexibility index (Phi) is 3.82. The summed E-state index contributed by atoms with van der Waals surface area (Å²) in [4.78, 5) is 8.09. The third kappa shape index (κ3) is 2.43. The zero-order chi connectivity index (χ0) is 13.8. The Morgan fingerprint density at radius 3 is 2.58 bits per heavy atom. The van der Waals surface area contributed by atoms with Crippen LogP contribution in [0.25, 0.3) is 0 Å². The van der Waals surface area contributed by atoms with Crippen molar-refractivity contribution < 1.29 is 14.6 Å². The fraction of sp³-hybridized carbons (Fsp3) is 0.231. The fourth-order valence-corrected chi connectivity index (χ4v) is 1.81. The van der Waals surface area contributed by atoms with E-state index in [0.29, 0.717) is 22.7 Å². The molecule has 6 nitrogen and oxygen atoms in total. The van der Waals surface area contributed by atoms with Crippen LogP contribution in [0.2, 0.25) is 0 Å². The van der Waals surface area contributed by atoms with Gasteiger partial charge in [-0.25, -0.2) is 4.98 Å². The van der Waals surface area contributed by atoms with Crippen molar-refractivity contribution in [1.29, 1.82) is 0 Å². The second kappa shape index (κ2) is 5.53. The standard InChI is InChI=1S/C13H15N3O3/c1-18-9-5-3-4-8(10(9)14)12(17)11-13(19-2)16-7-6-15-11/h3-7,12,17H,14H2,1-2H3. The van der Waals surface area contributed by atoms with Crippen molar-refractivity contribution in [3.63, 3.8) is 0 Å². The van der Waals surface area contributed by atoms with Gasteiger partial charge >= 0.3 is 0 Å². The fourth-order valence-electron chi connectivity index (χ4n) is 1.81. The second-order valence-electron chi connectivity index (χ2n) is 3.82. The summed E-state index contributed by atoms with van der Waals surface area (Å²) in [6, 6.07) is 5.17. The van der Waals surface area contributed by atoms with Crippen molar-refractivity contribution in [3.05, 3.63) is 41.9 Å². The van der Waals surface area contributed by atoms with Crippen LogP contribution < -0.4 is 15.2 Å². The number of benzene rings is 1. The number of hydrogen-bond acceptors (Lipinski definition) is 6. The van der Waals surface area contributed by atoms with Crippen molar-refractivity contribution in [2.75, 3.05) is 20.0 Å². The van der Waals surface area contributed by atoms with Gasteiger partial charge in [-0.3, -0.25) is 4.98 Å². The topological polar surface area (TPSA) is 90.5 Å². The lowest BCUT2D eigenvalue weighted by atomic mass is 10.0. The van der Waals surface area contributed by atoms with E-state index in [4.69, 9.17) is 15.2 Å². The molecule has 1 aromatic carbocycles. The first-order valence-electron chi connectivity index (χ1n) is 5.64. The first kappa shape index (κ1) is 13.1. The summed E-state index contributed by atoms with van der Waals surface area (Å²) in [5.74, 6) is 0.761. The van der Waals surface area contributed by atoms with Gasteiger partial charge in [0, 0.05) is 18.0 Å². The molecule has 0 aliphatic heterocycles. The molecule has 1 unspecified atom stereocenters. The predicted octanol–water partition coefficient (Wildman–Crippen LogP) is 1.16. The van der Waals surface area contributed by atoms with Gasteiger partial charge in [-0.1, -0.05) is 12.1 Å². The molecule has 19 heavy (non-hydrogen) atoms. The summed E-state index contributed by atoms with van der Waals surface area (Å²) < 4.78 is 10.2. The maximum atomic E-state index is 10.4. The van der Waals surface area contributed by atoms with Gasteiger partial charge < -0.3 is 20.3 Å². The number of nitrogen functional groups attached to an aromatic ring is 1. The Hall–Kier alpha value is -2.34. The second-order valence-corrected chi connectivity index (χ2v) is 3.82. The lowest BCUT2D eigenvalue weighted by Crippen LogP contribution is -2.09. The Labute approximate surface area is 110 Å². The number of nitrogens with zero attached hydrogens (tertiary/aromatic N) is 2. The van der Waals surface area contributed by atoms with Crippen LogP contribution in [0, 0.1) is 0 Å². The Bertz CT molecular complexity index is 575. The molecule has 0 radical (unpaired) electrons. The molecular formula is C13H15N3O3. The molecule has 0 saturated heterocycles. The van der Waals surface area contributed by atoms with E-state index < -0.39 is 6.10 Å². The van der Waals surface area contributed by atoms with E-state index in [1.54, 1.807) is 18.2 Å². The molecule has 0 aliphatic rings. The zero-order valence-corrected chi connectivity index (χ0v) is 10.7. The minimum absolute atomic E-state index is 0.261. The molecule has 0 aliphatic carbocycles. The number of rotatable bonds is 4. The molecule has 2 aromatic rings. The molecule has 0 spiro atoms. The van der Waals surface area contributed by atoms with Crippen LogP contribution in [-0.4, -0.2) is 29.3 Å². The number of aliphatic hydroxyl groups is 1. The van der Waals surface area contributed by atoms with Crippen molar-refractivity contribution in [2.24, 2.45) is 0 Å². The Morgan fingerprint density at radius 2 is 1.89 bits per heavy atom. The van der Waals surface area contributed by atoms with Crippen LogP contribution in [-0.2, 0) is 0 Å². The summed E-state index contributed by atoms with van der Waals surface area (Å²) >= 11 is 0. The molecule has 1 heterocycles. The van der Waals surface area contributed by atoms with Crippen molar-refractivity contribution in [2.45, 2.75) is 6.10 Å². The molecule has 3 N–H and O–H groups in total. The maximum Gasteiger partial charge on any atom is 0.238 e. The highest BCUT2D eigenvalue weighted by atomic mass is 16.5. The van der Waals surface area contributed by atoms with E-state index in [2.05, 4.69) is 9.97 Å². The van der Waals surface area contributed by atoms with Gasteiger partial charge in [0.05, 0.1) is 19.9 Å². The van der Waals surface area contributed by atoms with E-state index >= 15 is 0 Å². The molecule has 1 atom stereocenters. The average molecular weight is 261 g/mol. The van der Waals surface area contributed by atoms with E-state index in [1.807, 2.05) is 0 Å². The minimum atomic E-state index is -1.03. The molecule has 0 saturated carbocycles. The van der Waals surface area contributed by atoms with Crippen molar-refractivity contribution >= 4 is 5.69 Å². The van der Waals surface area contributed by atoms with Crippen LogP contribution in [0.4, 0.5) is 5.69 Å². The molecule has 0 amide bonds. The monoisotopic (exact) mass is 261 g/mol. The number of hydrogen-bond donors (Lipinski definition) is 2. The highest BCUT2D eigenvalue weighted by Gasteiger charge is 2.21. The summed E-state index contributed by atoms with van der Waals surface area (Å²) in [7, 11) is 2.99. The first-order chi connectivity index (χ1) is 9.19. The van der Waals surface area contributed by atoms with Crippen molar-refractivity contribution in [1.82, 2.24) is 9.97 Å². The number of aliphatic hydroxyl groups excluding tert-OH is 1. The quantitative estimate of drug-likeness (QED) is 0.802. The van der Waals surface area contributed by atoms with E-state index in [-0.39, 0.29) is 5.88 Å². The summed E-state index contributed by atoms with van der Waals surface area (Å²) in [5, 5.41) is 10.4. The zero-order valence-electron chi connectivity index (χ0n) is 10.7. The lowest BCUT2D eigenvalue weighted by Gasteiger charge is -2.16. The largest absolute Gasteiger partial charge is 0.495 e. The highest BCUT2D eigenvalue weighted by Crippen LogP contribution is 2.34. The van der Waals surface area contributed by atoms with Gasteiger partial charge in [0.15, 0.2) is 0 Å². The summed E-state index contributed by atoms with van der Waals surface area (Å²) in [6.45, 7) is 0. The SMILES string of the molecule is COc1cccc(C(O)c2nccnc2OC)c1N. The van der Waals surface area contributed by atoms with Crippen LogP contribution in [0.5, 0.6) is 11.6 Å². The van der Waals surface area contributed by atoms with Gasteiger partial charge in [0.2, 0.25) is 5.88 Å². The third-order valence-electron chi connectivity index (χ3n) is 2.76. The molecule has 2 rings (SSSR count). The predicted molar refractivity (Wildman–Crippen MR) is 70.1 cm³/mol. The number of para-hydroxylation sites is 1. The number of ether oxygens (including phenoxy) is 2. The average Bonchev–Trinajstić information content (AvgIpc) is 2.46. The molecule has 0 fully saturated rings. The van der Waals surface area contributed by atoms with E-state index in [9.17, 15) is 5.11 Å². The van der Waals surface area contributed by atoms with Crippen LogP contribution in [0.15, 0.2) is 30.6 Å². The van der Waals surface area contributed by atoms with Crippen LogP contribution >= 0.6 is 0 Å². The molecule has 100 valence electrons. The maximum absolute atomic E-state index is 10.4. The van der Waals surface area contributed by atoms with Gasteiger partial charge in [0.25, 0.3) is 0 Å². The van der Waals surface area contributed by atoms with Crippen LogP contribution in [0.1, 0.15) is 17.4 Å². The molecule has 0 bridgehead atoms. The Morgan fingerprint density at radius 1 is 1.16 bits per heavy atom. The first-order valence-corrected chi connectivity index (χ1v) is 5.64. The number of anilines is 1. The van der Waals surface area contributed by atoms with Crippen LogP contribution in [0.3, 0.4) is 0 Å². The van der Waals surface area contributed by atoms with E-state index in [0.717, 1.165) is 0 Å². The summed E-state index contributed by atoms with van der Waals surface area (Å²) in [5.41, 5.74) is 7.12. The Balaban J connectivity index is 2.47. The lowest BCUT2D eigenvalue weighted by molar-refractivity contribution is 0.208. The van der Waals surface area contributed by atoms with Gasteiger partial charge in [-0.05, 0) is 6.07 Å².